The van der Waals surface area contributed by atoms with E-state index in [9.17, 15) is 18.0 Å². The number of hydrogen-bond donors (Lipinski definition) is 1. The zero-order chi connectivity index (χ0) is 27.0. The first kappa shape index (κ1) is 27.4. The number of thioether (sulfide) groups is 1. The Morgan fingerprint density at radius 2 is 1.66 bits per heavy atom. The van der Waals surface area contributed by atoms with Crippen molar-refractivity contribution in [2.45, 2.75) is 50.0 Å². The fraction of sp³-hybridized carbons (Fsp3) is 0.276. The van der Waals surface area contributed by atoms with Crippen LogP contribution in [-0.2, 0) is 17.4 Å². The minimum atomic E-state index is -4.45. The third-order valence-corrected chi connectivity index (χ3v) is 7.06. The van der Waals surface area contributed by atoms with Gasteiger partial charge in [0.2, 0.25) is 5.91 Å². The van der Waals surface area contributed by atoms with E-state index < -0.39 is 11.7 Å². The van der Waals surface area contributed by atoms with Gasteiger partial charge >= 0.3 is 6.18 Å². The molecule has 4 rings (SSSR count). The van der Waals surface area contributed by atoms with Crippen LogP contribution in [0.1, 0.15) is 54.7 Å². The summed E-state index contributed by atoms with van der Waals surface area (Å²) in [7, 11) is 0. The molecule has 198 valence electrons. The van der Waals surface area contributed by atoms with Crippen molar-refractivity contribution in [3.05, 3.63) is 107 Å². The van der Waals surface area contributed by atoms with Crippen LogP contribution in [0.15, 0.2) is 90.1 Å². The Hall–Kier alpha value is -3.59. The lowest BCUT2D eigenvalue weighted by Crippen LogP contribution is -2.26. The molecule has 1 N–H and O–H groups in total. The summed E-state index contributed by atoms with van der Waals surface area (Å²) in [6.07, 6.45) is -2.17. The zero-order valence-corrected chi connectivity index (χ0v) is 21.8. The number of amides is 1. The first-order valence-electron chi connectivity index (χ1n) is 12.4. The monoisotopic (exact) mass is 538 g/mol. The number of nitrogens with zero attached hydrogens (tertiary/aromatic N) is 3. The fourth-order valence-corrected chi connectivity index (χ4v) is 5.03. The third kappa shape index (κ3) is 7.47. The van der Waals surface area contributed by atoms with Crippen LogP contribution in [0.3, 0.4) is 0 Å². The van der Waals surface area contributed by atoms with Crippen molar-refractivity contribution in [1.29, 1.82) is 0 Å². The van der Waals surface area contributed by atoms with Gasteiger partial charge in [-0.05, 0) is 49.1 Å². The van der Waals surface area contributed by atoms with Gasteiger partial charge in [-0.15, -0.1) is 10.2 Å². The van der Waals surface area contributed by atoms with E-state index in [1.807, 2.05) is 67.6 Å². The Bertz CT molecular complexity index is 1330. The van der Waals surface area contributed by atoms with Gasteiger partial charge in [-0.25, -0.2) is 0 Å². The molecule has 0 bridgehead atoms. The van der Waals surface area contributed by atoms with Gasteiger partial charge in [-0.1, -0.05) is 78.5 Å². The molecule has 1 heterocycles. The molecule has 4 aromatic rings. The number of hydrogen-bond acceptors (Lipinski definition) is 4. The van der Waals surface area contributed by atoms with E-state index in [2.05, 4.69) is 15.5 Å². The topological polar surface area (TPSA) is 59.8 Å². The Morgan fingerprint density at radius 3 is 2.37 bits per heavy atom. The van der Waals surface area contributed by atoms with Gasteiger partial charge in [0.1, 0.15) is 5.82 Å². The first-order chi connectivity index (χ1) is 18.3. The van der Waals surface area contributed by atoms with Crippen molar-refractivity contribution >= 4 is 17.7 Å². The van der Waals surface area contributed by atoms with E-state index in [0.29, 0.717) is 41.7 Å². The molecule has 3 aromatic carbocycles. The summed E-state index contributed by atoms with van der Waals surface area (Å²) >= 11 is 1.43. The molecule has 0 aliphatic carbocycles. The number of carbonyl (C=O) groups excluding carboxylic acids is 1. The van der Waals surface area contributed by atoms with Crippen LogP contribution in [0, 0.1) is 0 Å². The standard InChI is InChI=1S/C29H29F3N4OS/c1-21(23-13-6-3-7-14-23)33-27(37)17-8-9-18-38-28-35-34-26(19-22-11-4-2-5-12-22)36(28)25-16-10-15-24(20-25)29(30,31)32/h2-7,10-16,20-21H,8-9,17-19H2,1H3,(H,33,37). The smallest absolute Gasteiger partial charge is 0.350 e. The van der Waals surface area contributed by atoms with Gasteiger partial charge in [0.15, 0.2) is 5.16 Å². The summed E-state index contributed by atoms with van der Waals surface area (Å²) < 4.78 is 41.9. The molecule has 1 atom stereocenters. The van der Waals surface area contributed by atoms with Crippen molar-refractivity contribution in [2.24, 2.45) is 0 Å². The van der Waals surface area contributed by atoms with Crippen molar-refractivity contribution in [3.63, 3.8) is 0 Å². The van der Waals surface area contributed by atoms with Crippen LogP contribution >= 0.6 is 11.8 Å². The van der Waals surface area contributed by atoms with Crippen LogP contribution in [0.5, 0.6) is 0 Å². The summed E-state index contributed by atoms with van der Waals surface area (Å²) in [6, 6.07) is 24.6. The molecule has 0 spiro atoms. The molecular weight excluding hydrogens is 509 g/mol. The molecule has 0 fully saturated rings. The molecular formula is C29H29F3N4OS. The number of halogens is 3. The number of nitrogens with one attached hydrogen (secondary N) is 1. The zero-order valence-electron chi connectivity index (χ0n) is 21.0. The van der Waals surface area contributed by atoms with Crippen molar-refractivity contribution in [2.75, 3.05) is 5.75 Å². The highest BCUT2D eigenvalue weighted by atomic mass is 32.2. The molecule has 0 saturated heterocycles. The highest BCUT2D eigenvalue weighted by molar-refractivity contribution is 7.99. The molecule has 0 saturated carbocycles. The fourth-order valence-electron chi connectivity index (χ4n) is 4.06. The second-order valence-corrected chi connectivity index (χ2v) is 10.0. The van der Waals surface area contributed by atoms with Crippen LogP contribution in [0.4, 0.5) is 13.2 Å². The van der Waals surface area contributed by atoms with Gasteiger partial charge in [0.25, 0.3) is 0 Å². The lowest BCUT2D eigenvalue weighted by molar-refractivity contribution is -0.137. The Labute approximate surface area is 224 Å². The minimum Gasteiger partial charge on any atom is -0.350 e. The average molecular weight is 539 g/mol. The van der Waals surface area contributed by atoms with E-state index in [1.54, 1.807) is 10.6 Å². The first-order valence-corrected chi connectivity index (χ1v) is 13.4. The predicted molar refractivity (Wildman–Crippen MR) is 143 cm³/mol. The Kier molecular flexibility index (Phi) is 9.23. The van der Waals surface area contributed by atoms with Gasteiger partial charge in [0, 0.05) is 18.6 Å². The van der Waals surface area contributed by atoms with E-state index in [1.165, 1.54) is 17.8 Å². The van der Waals surface area contributed by atoms with Gasteiger partial charge in [-0.2, -0.15) is 13.2 Å². The van der Waals surface area contributed by atoms with Crippen LogP contribution in [-0.4, -0.2) is 26.4 Å². The second kappa shape index (κ2) is 12.8. The average Bonchev–Trinajstić information content (AvgIpc) is 3.31. The summed E-state index contributed by atoms with van der Waals surface area (Å²) in [4.78, 5) is 12.4. The van der Waals surface area contributed by atoms with Crippen LogP contribution < -0.4 is 5.32 Å². The van der Waals surface area contributed by atoms with Gasteiger partial charge < -0.3 is 5.32 Å². The Morgan fingerprint density at radius 1 is 0.947 bits per heavy atom. The predicted octanol–water partition coefficient (Wildman–Crippen LogP) is 7.02. The molecule has 1 aromatic heterocycles. The summed E-state index contributed by atoms with van der Waals surface area (Å²) in [6.45, 7) is 1.96. The van der Waals surface area contributed by atoms with Crippen molar-refractivity contribution < 1.29 is 18.0 Å². The number of aromatic nitrogens is 3. The molecule has 0 aliphatic heterocycles. The minimum absolute atomic E-state index is 0.0105. The molecule has 0 radical (unpaired) electrons. The number of rotatable bonds is 11. The molecule has 38 heavy (non-hydrogen) atoms. The van der Waals surface area contributed by atoms with Crippen LogP contribution in [0.2, 0.25) is 0 Å². The maximum Gasteiger partial charge on any atom is 0.416 e. The lowest BCUT2D eigenvalue weighted by Gasteiger charge is -2.14. The SMILES string of the molecule is CC(NC(=O)CCCCSc1nnc(Cc2ccccc2)n1-c1cccc(C(F)(F)F)c1)c1ccccc1. The Balaban J connectivity index is 1.40. The van der Waals surface area contributed by atoms with E-state index >= 15 is 0 Å². The highest BCUT2D eigenvalue weighted by Crippen LogP contribution is 2.32. The quantitative estimate of drug-likeness (QED) is 0.165. The number of unbranched alkanes of at least 4 members (excludes halogenated alkanes) is 1. The summed E-state index contributed by atoms with van der Waals surface area (Å²) in [5.41, 5.74) is 1.69. The van der Waals surface area contributed by atoms with Gasteiger partial charge in [0.05, 0.1) is 17.3 Å². The lowest BCUT2D eigenvalue weighted by atomic mass is 10.1. The number of alkyl halides is 3. The number of carbonyl (C=O) groups is 1. The van der Waals surface area contributed by atoms with Gasteiger partial charge in [-0.3, -0.25) is 9.36 Å². The summed E-state index contributed by atoms with van der Waals surface area (Å²) in [5, 5.41) is 12.2. The van der Waals surface area contributed by atoms with Crippen molar-refractivity contribution in [1.82, 2.24) is 20.1 Å². The highest BCUT2D eigenvalue weighted by Gasteiger charge is 2.31. The third-order valence-electron chi connectivity index (χ3n) is 6.04. The normalized spacial score (nSPS) is 12.3. The molecule has 1 amide bonds. The molecule has 5 nitrogen and oxygen atoms in total. The van der Waals surface area contributed by atoms with E-state index in [0.717, 1.165) is 29.7 Å². The summed E-state index contributed by atoms with van der Waals surface area (Å²) in [5.74, 6) is 1.21. The largest absolute Gasteiger partial charge is 0.416 e. The maximum atomic E-state index is 13.4. The maximum absolute atomic E-state index is 13.4. The molecule has 1 unspecified atom stereocenters. The van der Waals surface area contributed by atoms with Crippen LogP contribution in [0.25, 0.3) is 5.69 Å². The van der Waals surface area contributed by atoms with E-state index in [-0.39, 0.29) is 11.9 Å². The van der Waals surface area contributed by atoms with E-state index in [4.69, 9.17) is 0 Å². The van der Waals surface area contributed by atoms with Crippen molar-refractivity contribution in [3.8, 4) is 5.69 Å². The second-order valence-electron chi connectivity index (χ2n) is 8.95. The molecule has 0 aliphatic rings. The number of benzene rings is 3. The molecule has 9 heteroatoms.